The van der Waals surface area contributed by atoms with Crippen LogP contribution in [-0.2, 0) is 6.42 Å². The molecule has 0 aliphatic carbocycles. The van der Waals surface area contributed by atoms with E-state index in [2.05, 4.69) is 13.8 Å². The Morgan fingerprint density at radius 1 is 1.54 bits per heavy atom. The summed E-state index contributed by atoms with van der Waals surface area (Å²) >= 11 is 0. The highest BCUT2D eigenvalue weighted by Gasteiger charge is 2.10. The summed E-state index contributed by atoms with van der Waals surface area (Å²) in [5.74, 6) is 2.01. The monoisotopic (exact) mass is 178 g/mol. The minimum absolute atomic E-state index is 0.553. The number of nitrogens with two attached hydrogens (primary N) is 1. The van der Waals surface area contributed by atoms with Crippen LogP contribution in [0.25, 0.3) is 0 Å². The summed E-state index contributed by atoms with van der Waals surface area (Å²) in [6.07, 6.45) is 0.887. The van der Waals surface area contributed by atoms with Crippen LogP contribution in [0.2, 0.25) is 0 Å². The van der Waals surface area contributed by atoms with Crippen molar-refractivity contribution in [3.63, 3.8) is 0 Å². The van der Waals surface area contributed by atoms with Crippen LogP contribution in [0.1, 0.15) is 31.4 Å². The number of nitrogens with zero attached hydrogens (tertiary/aromatic N) is 1. The van der Waals surface area contributed by atoms with Crippen molar-refractivity contribution < 1.29 is 4.42 Å². The Balaban J connectivity index is 2.70. The van der Waals surface area contributed by atoms with Crippen molar-refractivity contribution in [3.8, 4) is 6.07 Å². The molecule has 0 spiro atoms. The zero-order valence-electron chi connectivity index (χ0n) is 7.95. The third-order valence-corrected chi connectivity index (χ3v) is 1.74. The van der Waals surface area contributed by atoms with Crippen LogP contribution in [0, 0.1) is 17.2 Å². The van der Waals surface area contributed by atoms with Gasteiger partial charge in [-0.05, 0) is 18.1 Å². The largest absolute Gasteiger partial charge is 0.463 e. The average Bonchev–Trinajstić information content (AvgIpc) is 2.50. The summed E-state index contributed by atoms with van der Waals surface area (Å²) in [5.41, 5.74) is 5.48. The summed E-state index contributed by atoms with van der Waals surface area (Å²) in [4.78, 5) is 0. The van der Waals surface area contributed by atoms with E-state index in [0.29, 0.717) is 11.7 Å². The molecule has 0 amide bonds. The minimum Gasteiger partial charge on any atom is -0.463 e. The molecule has 0 aliphatic rings. The molecule has 1 rings (SSSR count). The Hall–Kier alpha value is -1.27. The van der Waals surface area contributed by atoms with Gasteiger partial charge in [0.2, 0.25) is 0 Å². The van der Waals surface area contributed by atoms with Gasteiger partial charge >= 0.3 is 0 Å². The first kappa shape index (κ1) is 9.82. The van der Waals surface area contributed by atoms with Gasteiger partial charge in [0.15, 0.2) is 6.04 Å². The zero-order valence-corrected chi connectivity index (χ0v) is 7.95. The molecule has 13 heavy (non-hydrogen) atoms. The number of hydrogen-bond acceptors (Lipinski definition) is 3. The summed E-state index contributed by atoms with van der Waals surface area (Å²) in [7, 11) is 0. The van der Waals surface area contributed by atoms with Crippen LogP contribution in [0.4, 0.5) is 0 Å². The van der Waals surface area contributed by atoms with Gasteiger partial charge in [-0.1, -0.05) is 13.8 Å². The van der Waals surface area contributed by atoms with Crippen LogP contribution < -0.4 is 5.73 Å². The standard InChI is InChI=1S/C10H14N2O/c1-7(2)5-8-3-4-10(13-8)9(12)6-11/h3-4,7,9H,5,12H2,1-2H3. The molecule has 1 unspecified atom stereocenters. The zero-order chi connectivity index (χ0) is 9.84. The molecule has 2 N–H and O–H groups in total. The van der Waals surface area contributed by atoms with E-state index in [4.69, 9.17) is 15.4 Å². The van der Waals surface area contributed by atoms with Crippen LogP contribution in [0.3, 0.4) is 0 Å². The highest BCUT2D eigenvalue weighted by molar-refractivity contribution is 5.15. The van der Waals surface area contributed by atoms with Crippen molar-refractivity contribution in [3.05, 3.63) is 23.7 Å². The molecule has 1 heterocycles. The molecule has 1 atom stereocenters. The number of rotatable bonds is 3. The Kier molecular flexibility index (Phi) is 3.10. The first-order valence-electron chi connectivity index (χ1n) is 4.37. The van der Waals surface area contributed by atoms with Gasteiger partial charge in [0.1, 0.15) is 11.5 Å². The van der Waals surface area contributed by atoms with E-state index < -0.39 is 6.04 Å². The lowest BCUT2D eigenvalue weighted by atomic mass is 10.1. The van der Waals surface area contributed by atoms with E-state index >= 15 is 0 Å². The molecule has 1 aromatic rings. The molecule has 0 saturated carbocycles. The molecular formula is C10H14N2O. The van der Waals surface area contributed by atoms with Crippen molar-refractivity contribution in [2.75, 3.05) is 0 Å². The van der Waals surface area contributed by atoms with Gasteiger partial charge in [0, 0.05) is 6.42 Å². The molecule has 0 saturated heterocycles. The van der Waals surface area contributed by atoms with E-state index in [1.807, 2.05) is 12.1 Å². The second-order valence-electron chi connectivity index (χ2n) is 3.51. The SMILES string of the molecule is CC(C)Cc1ccc(C(N)C#N)o1. The summed E-state index contributed by atoms with van der Waals surface area (Å²) in [6.45, 7) is 4.23. The van der Waals surface area contributed by atoms with Crippen molar-refractivity contribution in [2.45, 2.75) is 26.3 Å². The summed E-state index contributed by atoms with van der Waals surface area (Å²) < 4.78 is 5.40. The Morgan fingerprint density at radius 3 is 2.77 bits per heavy atom. The van der Waals surface area contributed by atoms with E-state index in [1.54, 1.807) is 6.07 Å². The minimum atomic E-state index is -0.638. The van der Waals surface area contributed by atoms with Gasteiger partial charge < -0.3 is 10.2 Å². The lowest BCUT2D eigenvalue weighted by Gasteiger charge is -2.00. The maximum atomic E-state index is 8.54. The number of hydrogen-bond donors (Lipinski definition) is 1. The average molecular weight is 178 g/mol. The van der Waals surface area contributed by atoms with Crippen molar-refractivity contribution in [1.29, 1.82) is 5.26 Å². The first-order chi connectivity index (χ1) is 6.13. The van der Waals surface area contributed by atoms with Gasteiger partial charge in [-0.25, -0.2) is 0 Å². The van der Waals surface area contributed by atoms with Gasteiger partial charge in [-0.15, -0.1) is 0 Å². The second kappa shape index (κ2) is 4.11. The van der Waals surface area contributed by atoms with Crippen LogP contribution in [-0.4, -0.2) is 0 Å². The lowest BCUT2D eigenvalue weighted by molar-refractivity contribution is 0.432. The highest BCUT2D eigenvalue weighted by Crippen LogP contribution is 2.16. The van der Waals surface area contributed by atoms with Gasteiger partial charge in [-0.2, -0.15) is 5.26 Å². The fraction of sp³-hybridized carbons (Fsp3) is 0.500. The number of nitriles is 1. The molecule has 70 valence electrons. The van der Waals surface area contributed by atoms with Gasteiger partial charge in [0.25, 0.3) is 0 Å². The normalized spacial score (nSPS) is 12.8. The molecular weight excluding hydrogens is 164 g/mol. The highest BCUT2D eigenvalue weighted by atomic mass is 16.3. The maximum Gasteiger partial charge on any atom is 0.151 e. The van der Waals surface area contributed by atoms with Crippen LogP contribution in [0.5, 0.6) is 0 Å². The van der Waals surface area contributed by atoms with Crippen molar-refractivity contribution in [1.82, 2.24) is 0 Å². The Bertz CT molecular complexity index is 309. The van der Waals surface area contributed by atoms with Gasteiger partial charge in [0.05, 0.1) is 6.07 Å². The fourth-order valence-electron chi connectivity index (χ4n) is 1.14. The molecule has 0 fully saturated rings. The van der Waals surface area contributed by atoms with E-state index in [9.17, 15) is 0 Å². The van der Waals surface area contributed by atoms with Crippen LogP contribution in [0.15, 0.2) is 16.5 Å². The molecule has 1 aromatic heterocycles. The molecule has 3 heteroatoms. The van der Waals surface area contributed by atoms with E-state index in [-0.39, 0.29) is 0 Å². The Morgan fingerprint density at radius 2 is 2.23 bits per heavy atom. The topological polar surface area (TPSA) is 63.0 Å². The third kappa shape index (κ3) is 2.60. The predicted octanol–water partition coefficient (Wildman–Crippen LogP) is 2.00. The predicted molar refractivity (Wildman–Crippen MR) is 49.8 cm³/mol. The fourth-order valence-corrected chi connectivity index (χ4v) is 1.14. The lowest BCUT2D eigenvalue weighted by Crippen LogP contribution is -2.05. The molecule has 0 aromatic carbocycles. The van der Waals surface area contributed by atoms with Gasteiger partial charge in [-0.3, -0.25) is 0 Å². The maximum absolute atomic E-state index is 8.54. The first-order valence-corrected chi connectivity index (χ1v) is 4.37. The molecule has 3 nitrogen and oxygen atoms in total. The van der Waals surface area contributed by atoms with E-state index in [0.717, 1.165) is 12.2 Å². The summed E-state index contributed by atoms with van der Waals surface area (Å²) in [5, 5.41) is 8.54. The number of furan rings is 1. The Labute approximate surface area is 78.1 Å². The van der Waals surface area contributed by atoms with Crippen molar-refractivity contribution in [2.24, 2.45) is 11.7 Å². The van der Waals surface area contributed by atoms with Crippen molar-refractivity contribution >= 4 is 0 Å². The summed E-state index contributed by atoms with van der Waals surface area (Å²) in [6, 6.07) is 4.94. The van der Waals surface area contributed by atoms with Crippen LogP contribution >= 0.6 is 0 Å². The third-order valence-electron chi connectivity index (χ3n) is 1.74. The molecule has 0 bridgehead atoms. The molecule has 0 radical (unpaired) electrons. The molecule has 0 aliphatic heterocycles. The smallest absolute Gasteiger partial charge is 0.151 e. The second-order valence-corrected chi connectivity index (χ2v) is 3.51. The quantitative estimate of drug-likeness (QED) is 0.770. The van der Waals surface area contributed by atoms with E-state index in [1.165, 1.54) is 0 Å².